The van der Waals surface area contributed by atoms with E-state index >= 15 is 0 Å². The van der Waals surface area contributed by atoms with E-state index in [4.69, 9.17) is 4.74 Å². The summed E-state index contributed by atoms with van der Waals surface area (Å²) in [6.07, 6.45) is 1.49. The second kappa shape index (κ2) is 8.40. The van der Waals surface area contributed by atoms with Gasteiger partial charge >= 0.3 is 0 Å². The van der Waals surface area contributed by atoms with Crippen LogP contribution in [-0.4, -0.2) is 67.0 Å². The van der Waals surface area contributed by atoms with E-state index in [1.807, 2.05) is 9.80 Å². The number of amides is 2. The first-order chi connectivity index (χ1) is 12.1. The standard InChI is InChI=1S/C18H24FN3O3/c19-15-5-3-14(4-6-15)12-20-17(23)13-21-7-9-22(10-8-21)18(24)16-2-1-11-25-16/h3-6,16H,1-2,7-13H2,(H,20,23)/t16-/m0/s1. The molecule has 0 spiro atoms. The van der Waals surface area contributed by atoms with Gasteiger partial charge in [0.1, 0.15) is 11.9 Å². The Morgan fingerprint density at radius 1 is 1.16 bits per heavy atom. The van der Waals surface area contributed by atoms with E-state index in [-0.39, 0.29) is 23.7 Å². The first-order valence-corrected chi connectivity index (χ1v) is 8.76. The van der Waals surface area contributed by atoms with E-state index in [9.17, 15) is 14.0 Å². The minimum absolute atomic E-state index is 0.0665. The molecule has 25 heavy (non-hydrogen) atoms. The lowest BCUT2D eigenvalue weighted by Crippen LogP contribution is -2.53. The topological polar surface area (TPSA) is 61.9 Å². The van der Waals surface area contributed by atoms with Gasteiger partial charge in [-0.3, -0.25) is 14.5 Å². The highest BCUT2D eigenvalue weighted by atomic mass is 19.1. The van der Waals surface area contributed by atoms with Crippen molar-refractivity contribution in [1.29, 1.82) is 0 Å². The van der Waals surface area contributed by atoms with Crippen LogP contribution < -0.4 is 5.32 Å². The maximum atomic E-state index is 12.9. The van der Waals surface area contributed by atoms with Gasteiger partial charge < -0.3 is 15.0 Å². The third-order valence-electron chi connectivity index (χ3n) is 4.66. The molecule has 6 nitrogen and oxygen atoms in total. The first kappa shape index (κ1) is 17.8. The fraction of sp³-hybridized carbons (Fsp3) is 0.556. The summed E-state index contributed by atoms with van der Waals surface area (Å²) in [7, 11) is 0. The van der Waals surface area contributed by atoms with Gasteiger partial charge in [-0.2, -0.15) is 0 Å². The third kappa shape index (κ3) is 4.99. The average molecular weight is 349 g/mol. The Kier molecular flexibility index (Phi) is 5.99. The fourth-order valence-electron chi connectivity index (χ4n) is 3.16. The quantitative estimate of drug-likeness (QED) is 0.853. The predicted octanol–water partition coefficient (Wildman–Crippen LogP) is 0.765. The van der Waals surface area contributed by atoms with Crippen LogP contribution in [0.4, 0.5) is 4.39 Å². The van der Waals surface area contributed by atoms with Crippen molar-refractivity contribution in [1.82, 2.24) is 15.1 Å². The molecule has 0 radical (unpaired) electrons. The molecular weight excluding hydrogens is 325 g/mol. The number of nitrogens with zero attached hydrogens (tertiary/aromatic N) is 2. The summed E-state index contributed by atoms with van der Waals surface area (Å²) < 4.78 is 18.3. The van der Waals surface area contributed by atoms with Gasteiger partial charge in [-0.05, 0) is 30.5 Å². The second-order valence-electron chi connectivity index (χ2n) is 6.51. The summed E-state index contributed by atoms with van der Waals surface area (Å²) in [6, 6.07) is 6.08. The third-order valence-corrected chi connectivity index (χ3v) is 4.66. The summed E-state index contributed by atoms with van der Waals surface area (Å²) in [5.41, 5.74) is 0.863. The molecule has 2 amide bonds. The Hall–Kier alpha value is -1.99. The molecule has 1 aromatic carbocycles. The Morgan fingerprint density at radius 2 is 1.88 bits per heavy atom. The summed E-state index contributed by atoms with van der Waals surface area (Å²) in [5, 5.41) is 2.84. The van der Waals surface area contributed by atoms with E-state index in [2.05, 4.69) is 5.32 Å². The Morgan fingerprint density at radius 3 is 2.52 bits per heavy atom. The lowest BCUT2D eigenvalue weighted by Gasteiger charge is -2.35. The molecule has 2 aliphatic rings. The van der Waals surface area contributed by atoms with Crippen molar-refractivity contribution < 1.29 is 18.7 Å². The van der Waals surface area contributed by atoms with Crippen LogP contribution in [0.1, 0.15) is 18.4 Å². The Bertz CT molecular complexity index is 594. The van der Waals surface area contributed by atoms with Crippen LogP contribution >= 0.6 is 0 Å². The Balaban J connectivity index is 1.37. The predicted molar refractivity (Wildman–Crippen MR) is 90.2 cm³/mol. The molecule has 1 atom stereocenters. The molecule has 136 valence electrons. The van der Waals surface area contributed by atoms with Gasteiger partial charge in [0.05, 0.1) is 6.54 Å². The molecule has 0 saturated carbocycles. The minimum atomic E-state index is -0.287. The maximum Gasteiger partial charge on any atom is 0.251 e. The van der Waals surface area contributed by atoms with Gasteiger partial charge in [-0.25, -0.2) is 4.39 Å². The molecule has 2 heterocycles. The first-order valence-electron chi connectivity index (χ1n) is 8.76. The second-order valence-corrected chi connectivity index (χ2v) is 6.51. The van der Waals surface area contributed by atoms with E-state index in [1.54, 1.807) is 12.1 Å². The molecule has 0 aliphatic carbocycles. The van der Waals surface area contributed by atoms with Crippen LogP contribution in [0.5, 0.6) is 0 Å². The molecule has 1 N–H and O–H groups in total. The molecule has 0 aromatic heterocycles. The highest BCUT2D eigenvalue weighted by molar-refractivity contribution is 5.81. The highest BCUT2D eigenvalue weighted by Crippen LogP contribution is 2.15. The van der Waals surface area contributed by atoms with Crippen LogP contribution in [0.2, 0.25) is 0 Å². The number of benzene rings is 1. The van der Waals surface area contributed by atoms with Gasteiger partial charge in [-0.1, -0.05) is 12.1 Å². The van der Waals surface area contributed by atoms with E-state index < -0.39 is 0 Å². The normalized spacial score (nSPS) is 21.3. The minimum Gasteiger partial charge on any atom is -0.368 e. The van der Waals surface area contributed by atoms with Crippen molar-refractivity contribution in [3.8, 4) is 0 Å². The molecule has 0 unspecified atom stereocenters. The molecule has 7 heteroatoms. The van der Waals surface area contributed by atoms with Gasteiger partial charge in [0.2, 0.25) is 5.91 Å². The molecule has 1 aromatic rings. The van der Waals surface area contributed by atoms with Crippen molar-refractivity contribution in [3.05, 3.63) is 35.6 Å². The van der Waals surface area contributed by atoms with Crippen LogP contribution in [0, 0.1) is 5.82 Å². The molecule has 2 fully saturated rings. The lowest BCUT2D eigenvalue weighted by atomic mass is 10.2. The van der Waals surface area contributed by atoms with Gasteiger partial charge in [-0.15, -0.1) is 0 Å². The largest absolute Gasteiger partial charge is 0.368 e. The van der Waals surface area contributed by atoms with Gasteiger partial charge in [0, 0.05) is 39.3 Å². The summed E-state index contributed by atoms with van der Waals surface area (Å²) in [4.78, 5) is 28.2. The number of carbonyl (C=O) groups excluding carboxylic acids is 2. The van der Waals surface area contributed by atoms with Crippen LogP contribution in [0.25, 0.3) is 0 Å². The Labute approximate surface area is 146 Å². The number of hydrogen-bond acceptors (Lipinski definition) is 4. The monoisotopic (exact) mass is 349 g/mol. The molecule has 2 aliphatic heterocycles. The van der Waals surface area contributed by atoms with Crippen molar-refractivity contribution in [2.45, 2.75) is 25.5 Å². The summed E-state index contributed by atoms with van der Waals surface area (Å²) >= 11 is 0. The molecule has 2 saturated heterocycles. The van der Waals surface area contributed by atoms with Crippen LogP contribution in [0.15, 0.2) is 24.3 Å². The number of hydrogen-bond donors (Lipinski definition) is 1. The number of halogens is 1. The number of ether oxygens (including phenoxy) is 1. The molecule has 0 bridgehead atoms. The van der Waals surface area contributed by atoms with E-state index in [1.165, 1.54) is 12.1 Å². The molecular formula is C18H24FN3O3. The fourth-order valence-corrected chi connectivity index (χ4v) is 3.16. The zero-order valence-corrected chi connectivity index (χ0v) is 14.2. The maximum absolute atomic E-state index is 12.9. The number of nitrogens with one attached hydrogen (secondary N) is 1. The molecule has 3 rings (SSSR count). The van der Waals surface area contributed by atoms with E-state index in [0.29, 0.717) is 45.9 Å². The van der Waals surface area contributed by atoms with E-state index in [0.717, 1.165) is 18.4 Å². The van der Waals surface area contributed by atoms with Gasteiger partial charge in [0.25, 0.3) is 5.91 Å². The SMILES string of the molecule is O=C(CN1CCN(C(=O)[C@@H]2CCCO2)CC1)NCc1ccc(F)cc1. The number of piperazine rings is 1. The van der Waals surface area contributed by atoms with Crippen molar-refractivity contribution >= 4 is 11.8 Å². The number of rotatable bonds is 5. The van der Waals surface area contributed by atoms with Crippen LogP contribution in [0.3, 0.4) is 0 Å². The van der Waals surface area contributed by atoms with Crippen molar-refractivity contribution in [2.24, 2.45) is 0 Å². The average Bonchev–Trinajstić information content (AvgIpc) is 3.16. The summed E-state index contributed by atoms with van der Waals surface area (Å²) in [6.45, 7) is 3.99. The highest BCUT2D eigenvalue weighted by Gasteiger charge is 2.30. The number of carbonyl (C=O) groups is 2. The lowest BCUT2D eigenvalue weighted by molar-refractivity contribution is -0.142. The van der Waals surface area contributed by atoms with Crippen molar-refractivity contribution in [2.75, 3.05) is 39.3 Å². The zero-order chi connectivity index (χ0) is 17.6. The zero-order valence-electron chi connectivity index (χ0n) is 14.2. The van der Waals surface area contributed by atoms with Gasteiger partial charge in [0.15, 0.2) is 0 Å². The smallest absolute Gasteiger partial charge is 0.251 e. The van der Waals surface area contributed by atoms with Crippen molar-refractivity contribution in [3.63, 3.8) is 0 Å². The summed E-state index contributed by atoms with van der Waals surface area (Å²) in [5.74, 6) is -0.272. The van der Waals surface area contributed by atoms with Crippen LogP contribution in [-0.2, 0) is 20.9 Å².